The summed E-state index contributed by atoms with van der Waals surface area (Å²) in [6.07, 6.45) is 34.8. The zero-order chi connectivity index (χ0) is 111. The molecule has 0 saturated carbocycles. The van der Waals surface area contributed by atoms with Gasteiger partial charge in [-0.3, -0.25) is 96.1 Å². The molecule has 2 heterocycles. The van der Waals surface area contributed by atoms with Crippen LogP contribution in [-0.2, 0) is 110 Å². The number of nitrogens with two attached hydrogens (primary N) is 4. The molecule has 27 N–H and O–H groups in total. The van der Waals surface area contributed by atoms with E-state index in [1.54, 1.807) is 80.8 Å². The smallest absolute Gasteiger partial charge is 0.325 e. The number of H-pyrrole nitrogens is 2. The number of amides is 16. The van der Waals surface area contributed by atoms with Gasteiger partial charge in [-0.1, -0.05) is 255 Å². The van der Waals surface area contributed by atoms with Crippen LogP contribution in [0.1, 0.15) is 309 Å². The summed E-state index contributed by atoms with van der Waals surface area (Å²) in [4.78, 5) is 256. The van der Waals surface area contributed by atoms with Gasteiger partial charge in [0.2, 0.25) is 94.5 Å². The van der Waals surface area contributed by atoms with Crippen LogP contribution < -0.4 is 97.4 Å². The van der Waals surface area contributed by atoms with Gasteiger partial charge in [-0.2, -0.15) is 0 Å². The Kier molecular flexibility index (Phi) is 63.2. The molecule has 0 aliphatic heterocycles. The molecule has 5 rings (SSSR count). The van der Waals surface area contributed by atoms with Gasteiger partial charge in [-0.05, 0) is 106 Å². The lowest BCUT2D eigenvalue weighted by atomic mass is 10.00. The summed E-state index contributed by atoms with van der Waals surface area (Å²) >= 11 is 0. The highest BCUT2D eigenvalue weighted by Crippen LogP contribution is 2.24. The van der Waals surface area contributed by atoms with Crippen molar-refractivity contribution in [2.24, 2.45) is 39.8 Å². The number of aromatic nitrogens is 2. The van der Waals surface area contributed by atoms with Gasteiger partial charge in [0, 0.05) is 91.7 Å². The number of unbranched alkanes of at least 4 members (excludes halogenated alkanes) is 25. The van der Waals surface area contributed by atoms with Crippen LogP contribution in [0.4, 0.5) is 0 Å². The molecule has 0 aliphatic carbocycles. The van der Waals surface area contributed by atoms with Gasteiger partial charge >= 0.3 is 17.9 Å². The number of carbonyl (C=O) groups is 19. The van der Waals surface area contributed by atoms with E-state index in [0.29, 0.717) is 59.8 Å². The number of primary amides is 2. The fourth-order valence-corrected chi connectivity index (χ4v) is 16.8. The number of para-hydroxylation sites is 2. The number of hydrogen-bond acceptors (Lipinski definition) is 20. The highest BCUT2D eigenvalue weighted by atomic mass is 16.4. The molecule has 832 valence electrons. The predicted molar refractivity (Wildman–Crippen MR) is 570 cm³/mol. The lowest BCUT2D eigenvalue weighted by molar-refractivity contribution is -0.142. The van der Waals surface area contributed by atoms with Gasteiger partial charge in [0.1, 0.15) is 60.4 Å². The summed E-state index contributed by atoms with van der Waals surface area (Å²) in [5, 5.41) is 65.0. The number of nitrogens with zero attached hydrogens (tertiary/aromatic N) is 1. The molecule has 150 heavy (non-hydrogen) atoms. The molecule has 11 atom stereocenters. The average Bonchev–Trinajstić information content (AvgIpc) is 1.67. The second-order valence-corrected chi connectivity index (χ2v) is 38.9. The van der Waals surface area contributed by atoms with E-state index in [4.69, 9.17) is 28.0 Å². The standard InChI is InChI=1S/C55H93N7O8.C52H74N14O14/c1-3-5-7-9-11-13-15-17-19-21-23-25-27-36-49(63)57-38-32-31-35-46(60-50(64)37-28-26-24-22-20-18-16-14-12-10-8-6-4-2)54(69)59-42-51(65)61-48(40-52(66)67)55(70)62-47(53(56)68)39-43-41-58-45-34-30-29-33-44(43)45;1-27(2)20-37(62-42(69)26-59-47(75)38(22-31-12-7-6-8-13-31)65-48(76)36(17-18-40(53)67)63-44(72)28(3)21-43(70)71)49(77)66-39(23-32-24-57-34-15-10-9-14-33(32)34)50(78)64-35(16-11-19-56-52(54)55)46(74)58-25-41(68)60-29(4)45(73)61-30(5)51(79)80/h29-30,33-34,41,46-48,58H,3-28,31-32,35-40,42H2,1-2H3,(H2,56,68)(H,57,63)(H,59,69)(H,60,64)(H,61,65)(H,62,70)(H,66,67);6-10,12-15,24,27-30,35-39,57H,11,16-23,25-26H2,1-5H3,(H2,53,67)(H,58,74)(H,59,75)(H,60,68)(H,61,73)(H,62,69)(H,63,72)(H,64,78)(H,65,76)(H,66,77)(H,70,71)(H,79,80)(H4,54,55,56)/t46-,47-,48-;28-,29-,30-,35-,36-,37-,38-,39-/m00/s1. The first-order chi connectivity index (χ1) is 71.7. The largest absolute Gasteiger partial charge is 0.481 e. The minimum absolute atomic E-state index is 0.00352. The van der Waals surface area contributed by atoms with Crippen LogP contribution in [0.2, 0.25) is 0 Å². The highest BCUT2D eigenvalue weighted by molar-refractivity contribution is 6.00. The zero-order valence-corrected chi connectivity index (χ0v) is 88.5. The Morgan fingerprint density at radius 1 is 0.327 bits per heavy atom. The Balaban J connectivity index is 0.000000630. The minimum Gasteiger partial charge on any atom is -0.481 e. The van der Waals surface area contributed by atoms with E-state index in [-0.39, 0.29) is 94.4 Å². The molecule has 0 saturated heterocycles. The van der Waals surface area contributed by atoms with Gasteiger partial charge in [-0.25, -0.2) is 0 Å². The number of aliphatic carboxylic acids is 3. The second kappa shape index (κ2) is 73.9. The van der Waals surface area contributed by atoms with E-state index in [9.17, 15) is 101 Å². The third-order valence-electron chi connectivity index (χ3n) is 25.3. The molecular formula is C107H167N21O22. The average molecular weight is 2100 g/mol. The number of rotatable bonds is 79. The number of aromatic amines is 2. The molecule has 0 aliphatic rings. The third-order valence-corrected chi connectivity index (χ3v) is 25.3. The molecular weight excluding hydrogens is 1930 g/mol. The van der Waals surface area contributed by atoms with E-state index in [2.05, 4.69) is 103 Å². The van der Waals surface area contributed by atoms with Crippen molar-refractivity contribution >= 4 is 140 Å². The van der Waals surface area contributed by atoms with Gasteiger partial charge in [0.15, 0.2) is 5.96 Å². The summed E-state index contributed by atoms with van der Waals surface area (Å²) in [5.74, 6) is -17.4. The molecule has 0 radical (unpaired) electrons. The SMILES string of the molecule is CC(C)C[C@H](NC(=O)CNC(=O)[C@H](Cc1ccccc1)NC(=O)[C@H](CCC(N)=O)NC(=O)[C@@H](C)CC(=O)O)C(=O)N[C@@H](Cc1c[nH]c2ccccc12)C(=O)N[C@@H](CCCN=C(N)N)C(=O)NCC(=O)N[C@@H](C)C(=O)N[C@@H](C)C(=O)O.CCCCCCCCCCCCCCCC(=O)NCCCC[C@H](NC(=O)CCCCCCCCCCCCCCC)C(=O)NCC(=O)N[C@@H](CC(=O)O)C(=O)N[C@@H](Cc1c[nH]c2ccccc12)C(N)=O. The first kappa shape index (κ1) is 128. The highest BCUT2D eigenvalue weighted by Gasteiger charge is 2.36. The zero-order valence-electron chi connectivity index (χ0n) is 88.5. The number of fused-ring (bicyclic) bond motifs is 2. The Bertz CT molecular complexity index is 5100. The molecule has 5 aromatic rings. The van der Waals surface area contributed by atoms with Crippen LogP contribution in [0.5, 0.6) is 0 Å². The molecule has 0 fully saturated rings. The van der Waals surface area contributed by atoms with Crippen LogP contribution >= 0.6 is 0 Å². The van der Waals surface area contributed by atoms with Gasteiger partial charge in [-0.15, -0.1) is 0 Å². The molecule has 16 amide bonds. The van der Waals surface area contributed by atoms with E-state index < -0.39 is 199 Å². The third kappa shape index (κ3) is 55.3. The fraction of sp³-hybridized carbons (Fsp3) is 0.607. The van der Waals surface area contributed by atoms with E-state index >= 15 is 0 Å². The van der Waals surface area contributed by atoms with Crippen LogP contribution in [0.25, 0.3) is 21.8 Å². The Morgan fingerprint density at radius 2 is 0.713 bits per heavy atom. The number of aliphatic imine (C=N–C) groups is 1. The fourth-order valence-electron chi connectivity index (χ4n) is 16.8. The minimum atomic E-state index is -1.58. The number of benzene rings is 3. The Morgan fingerprint density at radius 3 is 1.19 bits per heavy atom. The van der Waals surface area contributed by atoms with Crippen molar-refractivity contribution in [1.82, 2.24) is 84.4 Å². The van der Waals surface area contributed by atoms with E-state index in [1.165, 1.54) is 143 Å². The number of hydrogen-bond donors (Lipinski definition) is 23. The molecule has 0 unspecified atom stereocenters. The summed E-state index contributed by atoms with van der Waals surface area (Å²) in [6, 6.07) is 9.88. The maximum atomic E-state index is 14.5. The van der Waals surface area contributed by atoms with Crippen LogP contribution in [0.15, 0.2) is 96.2 Å². The maximum absolute atomic E-state index is 14.5. The predicted octanol–water partition coefficient (Wildman–Crippen LogP) is 6.67. The number of nitrogens with one attached hydrogen (secondary N) is 16. The maximum Gasteiger partial charge on any atom is 0.325 e. The van der Waals surface area contributed by atoms with Crippen molar-refractivity contribution in [3.63, 3.8) is 0 Å². The summed E-state index contributed by atoms with van der Waals surface area (Å²) in [5.41, 5.74) is 25.3. The summed E-state index contributed by atoms with van der Waals surface area (Å²) in [7, 11) is 0. The van der Waals surface area contributed by atoms with Crippen molar-refractivity contribution in [3.8, 4) is 0 Å². The van der Waals surface area contributed by atoms with Crippen molar-refractivity contribution in [2.45, 2.75) is 372 Å². The molecule has 43 nitrogen and oxygen atoms in total. The summed E-state index contributed by atoms with van der Waals surface area (Å²) in [6.45, 7) is 10.4. The van der Waals surface area contributed by atoms with E-state index in [0.717, 1.165) is 49.4 Å². The molecule has 43 heteroatoms. The number of guanidine groups is 1. The van der Waals surface area contributed by atoms with E-state index in [1.807, 2.05) is 24.3 Å². The van der Waals surface area contributed by atoms with Gasteiger partial charge < -0.3 is 123 Å². The van der Waals surface area contributed by atoms with Crippen LogP contribution in [0.3, 0.4) is 0 Å². The quantitative estimate of drug-likeness (QED) is 0.0110. The van der Waals surface area contributed by atoms with Gasteiger partial charge in [0.25, 0.3) is 0 Å². The first-order valence-electron chi connectivity index (χ1n) is 53.2. The topological polar surface area (TPSA) is 701 Å². The number of carboxylic acid groups (broad SMARTS) is 3. The molecule has 0 spiro atoms. The van der Waals surface area contributed by atoms with Crippen molar-refractivity contribution < 1.29 is 106 Å². The van der Waals surface area contributed by atoms with Crippen LogP contribution in [0, 0.1) is 11.8 Å². The lowest BCUT2D eigenvalue weighted by Crippen LogP contribution is -2.58. The Labute approximate surface area is 879 Å². The molecule has 3 aromatic carbocycles. The first-order valence-corrected chi connectivity index (χ1v) is 53.2. The molecule has 0 bridgehead atoms. The molecule has 2 aromatic heterocycles. The van der Waals surface area contributed by atoms with Crippen LogP contribution in [-0.4, -0.2) is 237 Å². The van der Waals surface area contributed by atoms with Crippen molar-refractivity contribution in [1.29, 1.82) is 0 Å². The normalized spacial score (nSPS) is 13.3. The Hall–Kier alpha value is -14.1. The second-order valence-electron chi connectivity index (χ2n) is 38.9. The summed E-state index contributed by atoms with van der Waals surface area (Å²) < 4.78 is 0. The number of carboxylic acids is 3. The monoisotopic (exact) mass is 2100 g/mol. The lowest BCUT2D eigenvalue weighted by Gasteiger charge is -2.26. The van der Waals surface area contributed by atoms with Crippen molar-refractivity contribution in [3.05, 3.63) is 108 Å². The van der Waals surface area contributed by atoms with Crippen molar-refractivity contribution in [2.75, 3.05) is 32.7 Å². The van der Waals surface area contributed by atoms with Gasteiger partial charge in [0.05, 0.1) is 32.5 Å². The number of carbonyl (C=O) groups excluding carboxylic acids is 16.